The summed E-state index contributed by atoms with van der Waals surface area (Å²) in [6, 6.07) is 6.33. The molecule has 1 saturated heterocycles. The number of aryl methyl sites for hydroxylation is 2. The van der Waals surface area contributed by atoms with E-state index in [1.807, 2.05) is 6.92 Å². The number of hydrogen-bond donors (Lipinski definition) is 0. The quantitative estimate of drug-likeness (QED) is 0.738. The number of thioether (sulfide) groups is 1. The topological polar surface area (TPSA) is 26.3 Å². The summed E-state index contributed by atoms with van der Waals surface area (Å²) in [6.07, 6.45) is 0.881. The van der Waals surface area contributed by atoms with Crippen LogP contribution in [0.25, 0.3) is 0 Å². The molecule has 1 heterocycles. The van der Waals surface area contributed by atoms with Gasteiger partial charge in [0.15, 0.2) is 0 Å². The number of ether oxygens (including phenoxy) is 1. The Kier molecular flexibility index (Phi) is 3.24. The molecule has 3 heteroatoms. The van der Waals surface area contributed by atoms with Crippen LogP contribution in [0.1, 0.15) is 24.5 Å². The Morgan fingerprint density at radius 2 is 2.12 bits per heavy atom. The lowest BCUT2D eigenvalue weighted by Gasteiger charge is -2.09. The maximum atomic E-state index is 11.5. The van der Waals surface area contributed by atoms with Crippen LogP contribution in [0.4, 0.5) is 0 Å². The first-order valence-corrected chi connectivity index (χ1v) is 6.38. The molecule has 0 unspecified atom stereocenters. The summed E-state index contributed by atoms with van der Waals surface area (Å²) in [4.78, 5) is 12.7. The van der Waals surface area contributed by atoms with Crippen molar-refractivity contribution >= 4 is 17.7 Å². The number of esters is 1. The van der Waals surface area contributed by atoms with E-state index < -0.39 is 0 Å². The van der Waals surface area contributed by atoms with Crippen molar-refractivity contribution in [2.75, 3.05) is 0 Å². The zero-order chi connectivity index (χ0) is 11.7. The molecule has 1 aromatic carbocycles. The van der Waals surface area contributed by atoms with Gasteiger partial charge in [-0.05, 0) is 32.4 Å². The third kappa shape index (κ3) is 2.40. The first-order valence-electron chi connectivity index (χ1n) is 5.50. The van der Waals surface area contributed by atoms with E-state index in [9.17, 15) is 4.79 Å². The molecule has 1 aliphatic heterocycles. The van der Waals surface area contributed by atoms with E-state index in [2.05, 4.69) is 32.0 Å². The van der Waals surface area contributed by atoms with Crippen molar-refractivity contribution in [3.63, 3.8) is 0 Å². The molecular weight excluding hydrogens is 220 g/mol. The average Bonchev–Trinajstić information content (AvgIpc) is 2.51. The van der Waals surface area contributed by atoms with Gasteiger partial charge in [-0.1, -0.05) is 17.7 Å². The normalized spacial score (nSPS) is 24.6. The average molecular weight is 236 g/mol. The van der Waals surface area contributed by atoms with Crippen molar-refractivity contribution in [3.05, 3.63) is 29.3 Å². The van der Waals surface area contributed by atoms with Crippen LogP contribution < -0.4 is 0 Å². The molecule has 0 aromatic heterocycles. The van der Waals surface area contributed by atoms with Crippen LogP contribution in [0.5, 0.6) is 0 Å². The molecule has 0 bridgehead atoms. The van der Waals surface area contributed by atoms with Crippen LogP contribution in [0.2, 0.25) is 0 Å². The molecule has 0 N–H and O–H groups in total. The van der Waals surface area contributed by atoms with E-state index in [-0.39, 0.29) is 17.3 Å². The second kappa shape index (κ2) is 4.50. The van der Waals surface area contributed by atoms with E-state index in [4.69, 9.17) is 4.74 Å². The molecule has 1 fully saturated rings. The molecule has 2 rings (SSSR count). The van der Waals surface area contributed by atoms with Gasteiger partial charge in [0.1, 0.15) is 11.4 Å². The Balaban J connectivity index is 2.15. The van der Waals surface area contributed by atoms with Crippen molar-refractivity contribution in [1.29, 1.82) is 0 Å². The predicted octanol–water partition coefficient (Wildman–Crippen LogP) is 3.10. The maximum Gasteiger partial charge on any atom is 0.319 e. The van der Waals surface area contributed by atoms with Crippen molar-refractivity contribution in [1.82, 2.24) is 0 Å². The summed E-state index contributed by atoms with van der Waals surface area (Å²) in [5.74, 6) is -0.0709. The Hall–Kier alpha value is -0.960. The Labute approximate surface area is 100 Å². The highest BCUT2D eigenvalue weighted by Crippen LogP contribution is 2.34. The number of carbonyl (C=O) groups excluding carboxylic acids is 1. The molecule has 1 aromatic rings. The smallest absolute Gasteiger partial charge is 0.319 e. The van der Waals surface area contributed by atoms with Crippen molar-refractivity contribution in [3.8, 4) is 0 Å². The second-order valence-corrected chi connectivity index (χ2v) is 5.60. The van der Waals surface area contributed by atoms with Gasteiger partial charge in [-0.3, -0.25) is 4.79 Å². The Morgan fingerprint density at radius 1 is 1.38 bits per heavy atom. The molecule has 0 spiro atoms. The van der Waals surface area contributed by atoms with Crippen molar-refractivity contribution < 1.29 is 9.53 Å². The lowest BCUT2D eigenvalue weighted by Crippen LogP contribution is -2.09. The first kappa shape index (κ1) is 11.5. The second-order valence-electron chi connectivity index (χ2n) is 4.36. The zero-order valence-electron chi connectivity index (χ0n) is 9.82. The van der Waals surface area contributed by atoms with Gasteiger partial charge >= 0.3 is 5.97 Å². The molecule has 0 saturated carbocycles. The number of cyclic esters (lactones) is 1. The van der Waals surface area contributed by atoms with Gasteiger partial charge in [0.2, 0.25) is 0 Å². The van der Waals surface area contributed by atoms with Crippen LogP contribution in [-0.4, -0.2) is 17.3 Å². The van der Waals surface area contributed by atoms with Gasteiger partial charge in [-0.15, -0.1) is 11.8 Å². The van der Waals surface area contributed by atoms with E-state index in [1.165, 1.54) is 16.0 Å². The minimum atomic E-state index is -0.0709. The molecule has 2 atom stereocenters. The summed E-state index contributed by atoms with van der Waals surface area (Å²) >= 11 is 1.63. The summed E-state index contributed by atoms with van der Waals surface area (Å²) in [6.45, 7) is 6.09. The third-order valence-electron chi connectivity index (χ3n) is 2.74. The largest absolute Gasteiger partial charge is 0.462 e. The molecule has 0 radical (unpaired) electrons. The van der Waals surface area contributed by atoms with Crippen LogP contribution in [0.15, 0.2) is 23.1 Å². The number of carbonyl (C=O) groups is 1. The van der Waals surface area contributed by atoms with Gasteiger partial charge in [0.05, 0.1) is 0 Å². The molecule has 86 valence electrons. The van der Waals surface area contributed by atoms with Crippen LogP contribution in [-0.2, 0) is 9.53 Å². The van der Waals surface area contributed by atoms with Crippen LogP contribution >= 0.6 is 11.8 Å². The third-order valence-corrected chi connectivity index (χ3v) is 4.10. The molecule has 0 aliphatic carbocycles. The van der Waals surface area contributed by atoms with Gasteiger partial charge in [-0.2, -0.15) is 0 Å². The molecular formula is C13H16O2S. The van der Waals surface area contributed by atoms with Crippen molar-refractivity contribution in [2.45, 2.75) is 43.4 Å². The molecule has 2 nitrogen and oxygen atoms in total. The number of benzene rings is 1. The SMILES string of the molecule is Cc1ccc(C)c(S[C@@H]2C[C@H](C)OC2=O)c1. The Bertz CT molecular complexity index is 414. The van der Waals surface area contributed by atoms with Gasteiger partial charge in [0.25, 0.3) is 0 Å². The standard InChI is InChI=1S/C13H16O2S/c1-8-4-5-9(2)11(6-8)16-12-7-10(3)15-13(12)14/h4-6,10,12H,7H2,1-3H3/t10-,12+/m0/s1. The molecule has 16 heavy (non-hydrogen) atoms. The first-order chi connectivity index (χ1) is 7.56. The predicted molar refractivity (Wildman–Crippen MR) is 65.7 cm³/mol. The Morgan fingerprint density at radius 3 is 2.75 bits per heavy atom. The summed E-state index contributed by atoms with van der Waals surface area (Å²) in [5, 5.41) is -0.0319. The lowest BCUT2D eigenvalue weighted by molar-refractivity contribution is -0.140. The van der Waals surface area contributed by atoms with E-state index in [0.29, 0.717) is 0 Å². The maximum absolute atomic E-state index is 11.5. The fourth-order valence-electron chi connectivity index (χ4n) is 1.80. The summed E-state index contributed by atoms with van der Waals surface area (Å²) in [5.41, 5.74) is 2.45. The van der Waals surface area contributed by atoms with Crippen LogP contribution in [0, 0.1) is 13.8 Å². The molecule has 0 amide bonds. The van der Waals surface area contributed by atoms with Crippen molar-refractivity contribution in [2.24, 2.45) is 0 Å². The zero-order valence-corrected chi connectivity index (χ0v) is 10.6. The number of rotatable bonds is 2. The highest BCUT2D eigenvalue weighted by Gasteiger charge is 2.32. The van der Waals surface area contributed by atoms with Gasteiger partial charge < -0.3 is 4.74 Å². The minimum Gasteiger partial charge on any atom is -0.462 e. The monoisotopic (exact) mass is 236 g/mol. The minimum absolute atomic E-state index is 0.0319. The van der Waals surface area contributed by atoms with E-state index >= 15 is 0 Å². The van der Waals surface area contributed by atoms with E-state index in [1.54, 1.807) is 11.8 Å². The van der Waals surface area contributed by atoms with E-state index in [0.717, 1.165) is 6.42 Å². The summed E-state index contributed by atoms with van der Waals surface area (Å²) in [7, 11) is 0. The lowest BCUT2D eigenvalue weighted by atomic mass is 10.2. The highest BCUT2D eigenvalue weighted by molar-refractivity contribution is 8.00. The van der Waals surface area contributed by atoms with Gasteiger partial charge in [0, 0.05) is 11.3 Å². The summed E-state index contributed by atoms with van der Waals surface area (Å²) < 4.78 is 5.16. The fraction of sp³-hybridized carbons (Fsp3) is 0.462. The number of hydrogen-bond acceptors (Lipinski definition) is 3. The fourth-order valence-corrected chi connectivity index (χ4v) is 3.14. The molecule has 1 aliphatic rings. The highest BCUT2D eigenvalue weighted by atomic mass is 32.2. The van der Waals surface area contributed by atoms with Crippen LogP contribution in [0.3, 0.4) is 0 Å². The van der Waals surface area contributed by atoms with Gasteiger partial charge in [-0.25, -0.2) is 0 Å².